The van der Waals surface area contributed by atoms with Crippen LogP contribution in [0.25, 0.3) is 0 Å². The molecule has 0 fully saturated rings. The summed E-state index contributed by atoms with van der Waals surface area (Å²) in [6.07, 6.45) is 4.11. The minimum atomic E-state index is -3.50. The van der Waals surface area contributed by atoms with Gasteiger partial charge in [-0.25, -0.2) is 18.4 Å². The number of sulfone groups is 1. The molecule has 0 aliphatic rings. The van der Waals surface area contributed by atoms with Crippen LogP contribution in [0.15, 0.2) is 59.8 Å². The molecular formula is C22H24N5O5S+. The van der Waals surface area contributed by atoms with Crippen molar-refractivity contribution in [2.24, 2.45) is 0 Å². The summed E-state index contributed by atoms with van der Waals surface area (Å²) in [7, 11) is -3.50. The third kappa shape index (κ3) is 6.11. The standard InChI is InChI=1S/C22H23N5O5S/c1-14-5-8-19(25-13-14)27-22(29)20-17(4-3-10-24-20)26-21(28)16-7-6-15(33(2,30)31)12-18(16)32-11-9-23/h3-8,10,12-13H,9,11,23H2,1-2H3,(H,26,28)(H,25,27,29)/p+1. The largest absolute Gasteiger partial charge is 0.487 e. The first-order valence-electron chi connectivity index (χ1n) is 9.95. The van der Waals surface area contributed by atoms with E-state index in [1.54, 1.807) is 24.4 Å². The molecule has 11 heteroatoms. The number of nitrogens with one attached hydrogen (secondary N) is 2. The number of carbonyl (C=O) groups excluding carboxylic acids is 2. The van der Waals surface area contributed by atoms with Crippen molar-refractivity contribution >= 4 is 33.2 Å². The number of anilines is 2. The lowest BCUT2D eigenvalue weighted by Crippen LogP contribution is -2.52. The minimum Gasteiger partial charge on any atom is -0.487 e. The topological polar surface area (TPSA) is 155 Å². The zero-order chi connectivity index (χ0) is 24.0. The van der Waals surface area contributed by atoms with Crippen LogP contribution in [0.5, 0.6) is 5.75 Å². The van der Waals surface area contributed by atoms with Crippen molar-refractivity contribution in [1.82, 2.24) is 9.97 Å². The van der Waals surface area contributed by atoms with E-state index in [2.05, 4.69) is 26.3 Å². The van der Waals surface area contributed by atoms with Gasteiger partial charge in [0.05, 0.1) is 16.1 Å². The second-order valence-electron chi connectivity index (χ2n) is 7.16. The lowest BCUT2D eigenvalue weighted by Gasteiger charge is -2.14. The van der Waals surface area contributed by atoms with Crippen LogP contribution in [-0.2, 0) is 9.84 Å². The van der Waals surface area contributed by atoms with Crippen LogP contribution >= 0.6 is 0 Å². The number of ether oxygens (including phenoxy) is 1. The summed E-state index contributed by atoms with van der Waals surface area (Å²) in [4.78, 5) is 34.0. The molecule has 33 heavy (non-hydrogen) atoms. The Bertz CT molecular complexity index is 1280. The zero-order valence-corrected chi connectivity index (χ0v) is 19.0. The quantitative estimate of drug-likeness (QED) is 0.448. The van der Waals surface area contributed by atoms with Gasteiger partial charge in [-0.05, 0) is 48.9 Å². The number of amides is 2. The molecule has 0 atom stereocenters. The van der Waals surface area contributed by atoms with E-state index in [9.17, 15) is 18.0 Å². The predicted octanol–water partition coefficient (Wildman–Crippen LogP) is 1.31. The van der Waals surface area contributed by atoms with Gasteiger partial charge >= 0.3 is 0 Å². The first-order chi connectivity index (χ1) is 15.7. The van der Waals surface area contributed by atoms with Crippen molar-refractivity contribution in [3.63, 3.8) is 0 Å². The van der Waals surface area contributed by atoms with Gasteiger partial charge in [-0.15, -0.1) is 0 Å². The summed E-state index contributed by atoms with van der Waals surface area (Å²) in [5.41, 5.74) is 4.88. The van der Waals surface area contributed by atoms with Crippen LogP contribution in [0.1, 0.15) is 26.4 Å². The average molecular weight is 471 g/mol. The van der Waals surface area contributed by atoms with Crippen LogP contribution < -0.4 is 21.1 Å². The molecule has 172 valence electrons. The van der Waals surface area contributed by atoms with Crippen LogP contribution in [0.3, 0.4) is 0 Å². The predicted molar refractivity (Wildman–Crippen MR) is 122 cm³/mol. The number of carbonyl (C=O) groups is 2. The molecule has 0 spiro atoms. The number of nitrogens with zero attached hydrogens (tertiary/aromatic N) is 2. The average Bonchev–Trinajstić information content (AvgIpc) is 2.78. The maximum Gasteiger partial charge on any atom is 0.277 e. The van der Waals surface area contributed by atoms with E-state index in [1.807, 2.05) is 6.92 Å². The van der Waals surface area contributed by atoms with Crippen molar-refractivity contribution in [3.05, 3.63) is 71.7 Å². The van der Waals surface area contributed by atoms with E-state index >= 15 is 0 Å². The van der Waals surface area contributed by atoms with Gasteiger partial charge in [0.2, 0.25) is 0 Å². The smallest absolute Gasteiger partial charge is 0.277 e. The Morgan fingerprint density at radius 3 is 2.52 bits per heavy atom. The number of quaternary nitrogens is 1. The van der Waals surface area contributed by atoms with Crippen LogP contribution in [0.2, 0.25) is 0 Å². The third-order valence-corrected chi connectivity index (χ3v) is 5.56. The maximum atomic E-state index is 13.0. The van der Waals surface area contributed by atoms with Gasteiger partial charge < -0.3 is 21.1 Å². The normalized spacial score (nSPS) is 11.0. The Kier molecular flexibility index (Phi) is 7.36. The molecule has 0 aliphatic carbocycles. The van der Waals surface area contributed by atoms with Gasteiger partial charge in [0, 0.05) is 18.6 Å². The van der Waals surface area contributed by atoms with Gasteiger partial charge in [-0.1, -0.05) is 6.07 Å². The number of pyridine rings is 2. The Morgan fingerprint density at radius 2 is 1.85 bits per heavy atom. The molecule has 0 saturated heterocycles. The number of benzene rings is 1. The molecule has 3 rings (SSSR count). The first-order valence-corrected chi connectivity index (χ1v) is 11.8. The first kappa shape index (κ1) is 23.8. The SMILES string of the molecule is Cc1ccc(NC(=O)c2ncccc2NC(=O)c2ccc(S(C)(=O)=O)cc2OCC[NH3+])nc1. The summed E-state index contributed by atoms with van der Waals surface area (Å²) >= 11 is 0. The summed E-state index contributed by atoms with van der Waals surface area (Å²) < 4.78 is 29.3. The Balaban J connectivity index is 1.87. The van der Waals surface area contributed by atoms with Gasteiger partial charge in [-0.2, -0.15) is 0 Å². The highest BCUT2D eigenvalue weighted by atomic mass is 32.2. The number of aryl methyl sites for hydroxylation is 1. The molecular weight excluding hydrogens is 446 g/mol. The van der Waals surface area contributed by atoms with Crippen LogP contribution in [0, 0.1) is 6.92 Å². The molecule has 2 amide bonds. The summed E-state index contributed by atoms with van der Waals surface area (Å²) in [5, 5.41) is 5.29. The van der Waals surface area contributed by atoms with E-state index in [0.717, 1.165) is 11.8 Å². The second-order valence-corrected chi connectivity index (χ2v) is 9.18. The minimum absolute atomic E-state index is 0.0128. The van der Waals surface area contributed by atoms with Crippen molar-refractivity contribution in [1.29, 1.82) is 0 Å². The van der Waals surface area contributed by atoms with E-state index in [4.69, 9.17) is 4.74 Å². The van der Waals surface area contributed by atoms with E-state index in [1.165, 1.54) is 30.5 Å². The Labute approximate surface area is 191 Å². The highest BCUT2D eigenvalue weighted by Crippen LogP contribution is 2.25. The van der Waals surface area contributed by atoms with Crippen molar-refractivity contribution < 1.29 is 28.5 Å². The second kappa shape index (κ2) is 10.2. The number of aromatic nitrogens is 2. The maximum absolute atomic E-state index is 13.0. The van der Waals surface area contributed by atoms with Crippen molar-refractivity contribution in [2.45, 2.75) is 11.8 Å². The van der Waals surface area contributed by atoms with Gasteiger partial charge in [0.25, 0.3) is 11.8 Å². The molecule has 0 unspecified atom stereocenters. The molecule has 3 aromatic rings. The molecule has 2 heterocycles. The highest BCUT2D eigenvalue weighted by molar-refractivity contribution is 7.90. The molecule has 10 nitrogen and oxygen atoms in total. The summed E-state index contributed by atoms with van der Waals surface area (Å²) in [5.74, 6) is -0.709. The fourth-order valence-corrected chi connectivity index (χ4v) is 3.45. The van der Waals surface area contributed by atoms with E-state index < -0.39 is 21.7 Å². The number of rotatable bonds is 8. The summed E-state index contributed by atoms with van der Waals surface area (Å²) in [6, 6.07) is 10.5. The number of hydrogen-bond donors (Lipinski definition) is 3. The number of hydrogen-bond acceptors (Lipinski definition) is 7. The Hall–Kier alpha value is -3.83. The lowest BCUT2D eigenvalue weighted by atomic mass is 10.1. The molecule has 5 N–H and O–H groups in total. The molecule has 1 aromatic carbocycles. The Morgan fingerprint density at radius 1 is 1.06 bits per heavy atom. The van der Waals surface area contributed by atoms with Crippen molar-refractivity contribution in [2.75, 3.05) is 30.0 Å². The van der Waals surface area contributed by atoms with Crippen LogP contribution in [0.4, 0.5) is 11.5 Å². The molecule has 0 aliphatic heterocycles. The fraction of sp³-hybridized carbons (Fsp3) is 0.182. The van der Waals surface area contributed by atoms with Crippen molar-refractivity contribution in [3.8, 4) is 5.75 Å². The molecule has 0 saturated carbocycles. The van der Waals surface area contributed by atoms with Gasteiger partial charge in [0.1, 0.15) is 24.7 Å². The zero-order valence-electron chi connectivity index (χ0n) is 18.2. The van der Waals surface area contributed by atoms with Gasteiger partial charge in [-0.3, -0.25) is 9.59 Å². The monoisotopic (exact) mass is 470 g/mol. The van der Waals surface area contributed by atoms with E-state index in [-0.39, 0.29) is 34.2 Å². The van der Waals surface area contributed by atoms with Crippen LogP contribution in [-0.4, -0.2) is 49.6 Å². The van der Waals surface area contributed by atoms with Gasteiger partial charge in [0.15, 0.2) is 15.5 Å². The van der Waals surface area contributed by atoms with E-state index in [0.29, 0.717) is 12.4 Å². The molecule has 0 bridgehead atoms. The molecule has 0 radical (unpaired) electrons. The molecule has 2 aromatic heterocycles. The third-order valence-electron chi connectivity index (χ3n) is 4.45. The fourth-order valence-electron chi connectivity index (χ4n) is 2.82. The lowest BCUT2D eigenvalue weighted by molar-refractivity contribution is -0.370. The summed E-state index contributed by atoms with van der Waals surface area (Å²) in [6.45, 7) is 2.49. The highest BCUT2D eigenvalue weighted by Gasteiger charge is 2.20.